The van der Waals surface area contributed by atoms with Gasteiger partial charge in [0.05, 0.1) is 23.3 Å². The molecule has 0 bridgehead atoms. The molecule has 7 nitrogen and oxygen atoms in total. The summed E-state index contributed by atoms with van der Waals surface area (Å²) >= 11 is 5.92. The largest absolute Gasteiger partial charge is 0.496 e. The molecule has 0 unspecified atom stereocenters. The minimum atomic E-state index is -0.548. The maximum Gasteiger partial charge on any atom is 0.240 e. The predicted octanol–water partition coefficient (Wildman–Crippen LogP) is 4.28. The number of methoxy groups -OCH3 is 1. The van der Waals surface area contributed by atoms with E-state index in [1.807, 2.05) is 19.1 Å². The summed E-state index contributed by atoms with van der Waals surface area (Å²) in [5, 5.41) is 6.55. The topological polar surface area (TPSA) is 79.4 Å². The number of halogens is 2. The fourth-order valence-corrected chi connectivity index (χ4v) is 4.25. The number of fused-ring (bicyclic) bond motifs is 1. The Hall–Kier alpha value is -2.97. The van der Waals surface area contributed by atoms with Crippen molar-refractivity contribution in [3.8, 4) is 5.75 Å². The van der Waals surface area contributed by atoms with Crippen molar-refractivity contribution in [1.29, 1.82) is 0 Å². The average Bonchev–Trinajstić information content (AvgIpc) is 3.61. The van der Waals surface area contributed by atoms with Crippen LogP contribution in [0.3, 0.4) is 0 Å². The normalized spacial score (nSPS) is 14.4. The number of nitrogens with zero attached hydrogens (tertiary/aromatic N) is 3. The van der Waals surface area contributed by atoms with E-state index < -0.39 is 11.4 Å². The van der Waals surface area contributed by atoms with Crippen LogP contribution in [0.25, 0.3) is 10.9 Å². The highest BCUT2D eigenvalue weighted by Crippen LogP contribution is 2.43. The SMILES string of the molecule is CCN(Cc1cc2c(Nc3cccc(Cl)c3F)ncnc2cc1OC)C1(C(=O)NC)CC1. The molecule has 1 fully saturated rings. The second kappa shape index (κ2) is 8.88. The fourth-order valence-electron chi connectivity index (χ4n) is 4.08. The van der Waals surface area contributed by atoms with Gasteiger partial charge < -0.3 is 15.4 Å². The van der Waals surface area contributed by atoms with Gasteiger partial charge in [0.25, 0.3) is 0 Å². The van der Waals surface area contributed by atoms with Gasteiger partial charge in [-0.25, -0.2) is 14.4 Å². The van der Waals surface area contributed by atoms with Crippen molar-refractivity contribution >= 4 is 39.9 Å². The van der Waals surface area contributed by atoms with E-state index in [2.05, 4.69) is 25.5 Å². The molecule has 168 valence electrons. The fraction of sp³-hybridized carbons (Fsp3) is 0.348. The number of carbonyl (C=O) groups excluding carboxylic acids is 1. The number of likely N-dealkylation sites (N-methyl/N-ethyl adjacent to an activating group) is 2. The summed E-state index contributed by atoms with van der Waals surface area (Å²) in [7, 11) is 3.27. The van der Waals surface area contributed by atoms with Gasteiger partial charge >= 0.3 is 0 Å². The number of carbonyl (C=O) groups is 1. The van der Waals surface area contributed by atoms with Crippen molar-refractivity contribution < 1.29 is 13.9 Å². The Kier molecular flexibility index (Phi) is 6.17. The number of ether oxygens (including phenoxy) is 1. The van der Waals surface area contributed by atoms with E-state index in [4.69, 9.17) is 16.3 Å². The van der Waals surface area contributed by atoms with Crippen LogP contribution in [0.15, 0.2) is 36.7 Å². The van der Waals surface area contributed by atoms with Gasteiger partial charge in [0, 0.05) is 30.6 Å². The van der Waals surface area contributed by atoms with Crippen molar-refractivity contribution in [2.75, 3.05) is 26.0 Å². The second-order valence-corrected chi connectivity index (χ2v) is 8.16. The molecular weight excluding hydrogens is 433 g/mol. The number of aromatic nitrogens is 2. The van der Waals surface area contributed by atoms with Gasteiger partial charge in [-0.15, -0.1) is 0 Å². The lowest BCUT2D eigenvalue weighted by atomic mass is 10.1. The van der Waals surface area contributed by atoms with Gasteiger partial charge in [-0.2, -0.15) is 0 Å². The Labute approximate surface area is 190 Å². The van der Waals surface area contributed by atoms with Crippen molar-refractivity contribution in [1.82, 2.24) is 20.2 Å². The van der Waals surface area contributed by atoms with E-state index in [0.29, 0.717) is 35.6 Å². The van der Waals surface area contributed by atoms with Gasteiger partial charge in [-0.05, 0) is 37.6 Å². The zero-order chi connectivity index (χ0) is 22.9. The Morgan fingerprint density at radius 3 is 2.75 bits per heavy atom. The Morgan fingerprint density at radius 2 is 2.09 bits per heavy atom. The molecule has 1 aliphatic carbocycles. The minimum Gasteiger partial charge on any atom is -0.496 e. The zero-order valence-electron chi connectivity index (χ0n) is 18.2. The quantitative estimate of drug-likeness (QED) is 0.525. The lowest BCUT2D eigenvalue weighted by Gasteiger charge is -2.30. The van der Waals surface area contributed by atoms with Crippen LogP contribution in [0.5, 0.6) is 5.75 Å². The summed E-state index contributed by atoms with van der Waals surface area (Å²) in [4.78, 5) is 23.3. The monoisotopic (exact) mass is 457 g/mol. The standard InChI is InChI=1S/C23H25ClFN5O2/c1-4-30(23(8-9-23)22(31)26-2)12-14-10-15-18(11-19(14)32-3)27-13-28-21(15)29-17-7-5-6-16(24)20(17)25/h5-7,10-11,13H,4,8-9,12H2,1-3H3,(H,26,31)(H,27,28,29). The van der Waals surface area contributed by atoms with Crippen molar-refractivity contribution in [3.63, 3.8) is 0 Å². The molecule has 0 saturated heterocycles. The van der Waals surface area contributed by atoms with Crippen LogP contribution in [0, 0.1) is 5.82 Å². The van der Waals surface area contributed by atoms with Crippen LogP contribution in [0.4, 0.5) is 15.9 Å². The maximum atomic E-state index is 14.4. The first-order valence-electron chi connectivity index (χ1n) is 10.4. The molecule has 0 aliphatic heterocycles. The van der Waals surface area contributed by atoms with Gasteiger partial charge in [-0.1, -0.05) is 24.6 Å². The summed E-state index contributed by atoms with van der Waals surface area (Å²) in [5.41, 5.74) is 1.28. The smallest absolute Gasteiger partial charge is 0.240 e. The number of benzene rings is 2. The zero-order valence-corrected chi connectivity index (χ0v) is 19.0. The molecule has 0 spiro atoms. The molecule has 3 aromatic rings. The Bertz CT molecular complexity index is 1170. The minimum absolute atomic E-state index is 0.0261. The Balaban J connectivity index is 1.74. The van der Waals surface area contributed by atoms with Crippen molar-refractivity contribution in [2.24, 2.45) is 0 Å². The third kappa shape index (κ3) is 3.96. The lowest BCUT2D eigenvalue weighted by molar-refractivity contribution is -0.127. The van der Waals surface area contributed by atoms with E-state index in [9.17, 15) is 9.18 Å². The molecule has 1 heterocycles. The molecule has 1 saturated carbocycles. The highest BCUT2D eigenvalue weighted by atomic mass is 35.5. The number of amides is 1. The van der Waals surface area contributed by atoms with E-state index in [0.717, 1.165) is 18.4 Å². The lowest BCUT2D eigenvalue weighted by Crippen LogP contribution is -2.47. The van der Waals surface area contributed by atoms with Gasteiger partial charge in [0.2, 0.25) is 5.91 Å². The highest BCUT2D eigenvalue weighted by molar-refractivity contribution is 6.31. The molecule has 1 aliphatic rings. The first-order valence-corrected chi connectivity index (χ1v) is 10.8. The predicted molar refractivity (Wildman–Crippen MR) is 123 cm³/mol. The molecule has 1 aromatic heterocycles. The summed E-state index contributed by atoms with van der Waals surface area (Å²) in [6, 6.07) is 8.51. The van der Waals surface area contributed by atoms with Gasteiger partial charge in [0.15, 0.2) is 5.82 Å². The van der Waals surface area contributed by atoms with Crippen LogP contribution in [-0.4, -0.2) is 47.0 Å². The Morgan fingerprint density at radius 1 is 1.31 bits per heavy atom. The van der Waals surface area contributed by atoms with Crippen LogP contribution >= 0.6 is 11.6 Å². The van der Waals surface area contributed by atoms with Crippen molar-refractivity contribution in [3.05, 3.63) is 53.1 Å². The maximum absolute atomic E-state index is 14.4. The van der Waals surface area contributed by atoms with Gasteiger partial charge in [0.1, 0.15) is 23.4 Å². The van der Waals surface area contributed by atoms with Crippen LogP contribution in [-0.2, 0) is 11.3 Å². The molecule has 2 N–H and O–H groups in total. The first kappa shape index (κ1) is 22.2. The molecule has 2 aromatic carbocycles. The first-order chi connectivity index (χ1) is 15.4. The van der Waals surface area contributed by atoms with Crippen LogP contribution in [0.1, 0.15) is 25.3 Å². The molecule has 9 heteroatoms. The average molecular weight is 458 g/mol. The van der Waals surface area contributed by atoms with E-state index in [1.54, 1.807) is 26.3 Å². The number of rotatable bonds is 8. The molecule has 1 amide bonds. The molecule has 0 radical (unpaired) electrons. The number of hydrogen-bond donors (Lipinski definition) is 2. The van der Waals surface area contributed by atoms with E-state index in [-0.39, 0.29) is 16.6 Å². The highest BCUT2D eigenvalue weighted by Gasteiger charge is 2.53. The number of nitrogens with one attached hydrogen (secondary N) is 2. The summed E-state index contributed by atoms with van der Waals surface area (Å²) in [5.74, 6) is 0.604. The molecule has 32 heavy (non-hydrogen) atoms. The molecular formula is C23H25ClFN5O2. The third-order valence-corrected chi connectivity index (χ3v) is 6.26. The van der Waals surface area contributed by atoms with Crippen LogP contribution < -0.4 is 15.4 Å². The van der Waals surface area contributed by atoms with Crippen LogP contribution in [0.2, 0.25) is 5.02 Å². The number of anilines is 2. The summed E-state index contributed by atoms with van der Waals surface area (Å²) < 4.78 is 20.1. The number of hydrogen-bond acceptors (Lipinski definition) is 6. The van der Waals surface area contributed by atoms with E-state index >= 15 is 0 Å². The summed E-state index contributed by atoms with van der Waals surface area (Å²) in [6.07, 6.45) is 3.05. The molecule has 4 rings (SSSR count). The second-order valence-electron chi connectivity index (χ2n) is 7.75. The van der Waals surface area contributed by atoms with Gasteiger partial charge in [-0.3, -0.25) is 9.69 Å². The van der Waals surface area contributed by atoms with E-state index in [1.165, 1.54) is 12.4 Å². The summed E-state index contributed by atoms with van der Waals surface area (Å²) in [6.45, 7) is 3.26. The van der Waals surface area contributed by atoms with Crippen molar-refractivity contribution in [2.45, 2.75) is 31.8 Å². The third-order valence-electron chi connectivity index (χ3n) is 5.96. The molecule has 0 atom stereocenters.